The van der Waals surface area contributed by atoms with Gasteiger partial charge in [0.05, 0.1) is 5.69 Å². The van der Waals surface area contributed by atoms with Crippen LogP contribution in [0.1, 0.15) is 16.7 Å². The second kappa shape index (κ2) is 6.13. The molecule has 0 unspecified atom stereocenters. The van der Waals surface area contributed by atoms with Crippen molar-refractivity contribution in [1.29, 1.82) is 0 Å². The number of nitrogens with one attached hydrogen (secondary N) is 1. The van der Waals surface area contributed by atoms with Gasteiger partial charge in [-0.1, -0.05) is 47.5 Å². The Kier molecular flexibility index (Phi) is 4.16. The van der Waals surface area contributed by atoms with Gasteiger partial charge in [-0.3, -0.25) is 9.59 Å². The molecule has 0 radical (unpaired) electrons. The van der Waals surface area contributed by atoms with Gasteiger partial charge in [-0.25, -0.2) is 4.90 Å². The molecule has 0 aliphatic carbocycles. The van der Waals surface area contributed by atoms with E-state index in [-0.39, 0.29) is 10.7 Å². The van der Waals surface area contributed by atoms with Crippen LogP contribution in [-0.2, 0) is 9.59 Å². The number of aryl methyl sites for hydroxylation is 3. The van der Waals surface area contributed by atoms with E-state index in [4.69, 9.17) is 11.6 Å². The van der Waals surface area contributed by atoms with E-state index in [2.05, 4.69) is 5.32 Å². The van der Waals surface area contributed by atoms with Crippen LogP contribution >= 0.6 is 11.6 Å². The van der Waals surface area contributed by atoms with Crippen molar-refractivity contribution in [2.24, 2.45) is 0 Å². The maximum atomic E-state index is 12.8. The molecule has 0 aromatic heterocycles. The summed E-state index contributed by atoms with van der Waals surface area (Å²) < 4.78 is 0. The highest BCUT2D eigenvalue weighted by Crippen LogP contribution is 2.32. The summed E-state index contributed by atoms with van der Waals surface area (Å²) in [5, 5.41) is 2.91. The van der Waals surface area contributed by atoms with Crippen molar-refractivity contribution in [1.82, 2.24) is 0 Å². The van der Waals surface area contributed by atoms with E-state index in [1.54, 1.807) is 6.07 Å². The molecular formula is C19H17ClN2O2. The molecule has 1 heterocycles. The summed E-state index contributed by atoms with van der Waals surface area (Å²) in [4.78, 5) is 26.4. The van der Waals surface area contributed by atoms with Crippen LogP contribution < -0.4 is 10.2 Å². The van der Waals surface area contributed by atoms with Crippen LogP contribution in [0, 0.1) is 20.8 Å². The largest absolute Gasteiger partial charge is 0.349 e. The zero-order valence-corrected chi connectivity index (χ0v) is 14.4. The van der Waals surface area contributed by atoms with E-state index in [9.17, 15) is 9.59 Å². The standard InChI is InChI=1S/C19H17ClN2O2/c1-11-8-9-15(13(3)10-11)22-18(23)16(20)17(19(22)24)21-14-7-5-4-6-12(14)2/h4-10,21H,1-3H3. The molecule has 2 aromatic carbocycles. The quantitative estimate of drug-likeness (QED) is 0.858. The molecular weight excluding hydrogens is 324 g/mol. The van der Waals surface area contributed by atoms with Crippen molar-refractivity contribution in [3.05, 3.63) is 69.9 Å². The number of nitrogens with zero attached hydrogens (tertiary/aromatic N) is 1. The van der Waals surface area contributed by atoms with E-state index < -0.39 is 11.8 Å². The predicted molar refractivity (Wildman–Crippen MR) is 96.1 cm³/mol. The van der Waals surface area contributed by atoms with E-state index in [1.165, 1.54) is 0 Å². The summed E-state index contributed by atoms with van der Waals surface area (Å²) in [5.41, 5.74) is 4.27. The molecule has 0 saturated heterocycles. The molecule has 0 bridgehead atoms. The summed E-state index contributed by atoms with van der Waals surface area (Å²) >= 11 is 6.16. The van der Waals surface area contributed by atoms with Crippen molar-refractivity contribution in [3.8, 4) is 0 Å². The van der Waals surface area contributed by atoms with Crippen LogP contribution in [0.4, 0.5) is 11.4 Å². The third kappa shape index (κ3) is 2.69. The molecule has 5 heteroatoms. The predicted octanol–water partition coefficient (Wildman–Crippen LogP) is 4.05. The molecule has 0 spiro atoms. The maximum Gasteiger partial charge on any atom is 0.283 e. The number of hydrogen-bond donors (Lipinski definition) is 1. The Bertz CT molecular complexity index is 887. The molecule has 3 rings (SSSR count). The van der Waals surface area contributed by atoms with Crippen LogP contribution in [0.25, 0.3) is 0 Å². The van der Waals surface area contributed by atoms with Crippen LogP contribution in [0.3, 0.4) is 0 Å². The Hall–Kier alpha value is -2.59. The highest BCUT2D eigenvalue weighted by molar-refractivity contribution is 6.53. The molecule has 4 nitrogen and oxygen atoms in total. The van der Waals surface area contributed by atoms with Crippen molar-refractivity contribution in [2.45, 2.75) is 20.8 Å². The van der Waals surface area contributed by atoms with Gasteiger partial charge in [0.2, 0.25) is 0 Å². The molecule has 0 fully saturated rings. The average molecular weight is 341 g/mol. The number of rotatable bonds is 3. The second-order valence-electron chi connectivity index (χ2n) is 5.86. The average Bonchev–Trinajstić information content (AvgIpc) is 2.74. The van der Waals surface area contributed by atoms with E-state index in [0.29, 0.717) is 5.69 Å². The second-order valence-corrected chi connectivity index (χ2v) is 6.24. The normalized spacial score (nSPS) is 14.6. The van der Waals surface area contributed by atoms with Crippen molar-refractivity contribution < 1.29 is 9.59 Å². The number of amides is 2. The van der Waals surface area contributed by atoms with Gasteiger partial charge in [0.25, 0.3) is 11.8 Å². The van der Waals surface area contributed by atoms with Crippen molar-refractivity contribution in [2.75, 3.05) is 10.2 Å². The van der Waals surface area contributed by atoms with Gasteiger partial charge in [0, 0.05) is 5.69 Å². The third-order valence-corrected chi connectivity index (χ3v) is 4.38. The van der Waals surface area contributed by atoms with Gasteiger partial charge in [-0.15, -0.1) is 0 Å². The molecule has 24 heavy (non-hydrogen) atoms. The summed E-state index contributed by atoms with van der Waals surface area (Å²) in [6, 6.07) is 13.1. The number of hydrogen-bond acceptors (Lipinski definition) is 3. The fourth-order valence-electron chi connectivity index (χ4n) is 2.73. The summed E-state index contributed by atoms with van der Waals surface area (Å²) in [6.07, 6.45) is 0. The Morgan fingerprint density at radius 1 is 0.917 bits per heavy atom. The Balaban J connectivity index is 1.97. The molecule has 2 aromatic rings. The van der Waals surface area contributed by atoms with Gasteiger partial charge >= 0.3 is 0 Å². The number of carbonyl (C=O) groups excluding carboxylic acids is 2. The van der Waals surface area contributed by atoms with Gasteiger partial charge < -0.3 is 5.32 Å². The Morgan fingerprint density at radius 2 is 1.62 bits per heavy atom. The number of carbonyl (C=O) groups is 2. The maximum absolute atomic E-state index is 12.8. The van der Waals surface area contributed by atoms with E-state index in [0.717, 1.165) is 27.3 Å². The monoisotopic (exact) mass is 340 g/mol. The van der Waals surface area contributed by atoms with Crippen LogP contribution in [0.2, 0.25) is 0 Å². The van der Waals surface area contributed by atoms with Crippen molar-refractivity contribution >= 4 is 34.8 Å². The summed E-state index contributed by atoms with van der Waals surface area (Å²) in [5.74, 6) is -0.954. The van der Waals surface area contributed by atoms with Crippen molar-refractivity contribution in [3.63, 3.8) is 0 Å². The first-order valence-corrected chi connectivity index (χ1v) is 7.96. The minimum absolute atomic E-state index is 0.0942. The summed E-state index contributed by atoms with van der Waals surface area (Å²) in [7, 11) is 0. The number of benzene rings is 2. The van der Waals surface area contributed by atoms with Crippen LogP contribution in [-0.4, -0.2) is 11.8 Å². The molecule has 1 aliphatic rings. The fourth-order valence-corrected chi connectivity index (χ4v) is 2.95. The van der Waals surface area contributed by atoms with Crippen LogP contribution in [0.15, 0.2) is 53.2 Å². The fraction of sp³-hybridized carbons (Fsp3) is 0.158. The zero-order chi connectivity index (χ0) is 17.4. The molecule has 0 atom stereocenters. The van der Waals surface area contributed by atoms with Gasteiger partial charge in [-0.2, -0.15) is 0 Å². The number of imide groups is 1. The Morgan fingerprint density at radius 3 is 2.29 bits per heavy atom. The topological polar surface area (TPSA) is 49.4 Å². The third-order valence-electron chi connectivity index (χ3n) is 4.03. The van der Waals surface area contributed by atoms with Gasteiger partial charge in [0.1, 0.15) is 10.7 Å². The van der Waals surface area contributed by atoms with Gasteiger partial charge in [0.15, 0.2) is 0 Å². The molecule has 1 N–H and O–H groups in total. The van der Waals surface area contributed by atoms with E-state index in [1.807, 2.05) is 57.2 Å². The number of anilines is 2. The highest BCUT2D eigenvalue weighted by Gasteiger charge is 2.39. The molecule has 2 amide bonds. The molecule has 122 valence electrons. The first kappa shape index (κ1) is 16.3. The van der Waals surface area contributed by atoms with Crippen LogP contribution in [0.5, 0.6) is 0 Å². The molecule has 0 saturated carbocycles. The first-order chi connectivity index (χ1) is 11.4. The number of para-hydroxylation sites is 1. The number of halogens is 1. The Labute approximate surface area is 145 Å². The summed E-state index contributed by atoms with van der Waals surface area (Å²) in [6.45, 7) is 5.74. The minimum Gasteiger partial charge on any atom is -0.349 e. The zero-order valence-electron chi connectivity index (χ0n) is 13.7. The lowest BCUT2D eigenvalue weighted by molar-refractivity contribution is -0.120. The first-order valence-electron chi connectivity index (χ1n) is 7.58. The smallest absolute Gasteiger partial charge is 0.283 e. The lowest BCUT2D eigenvalue weighted by Gasteiger charge is -2.18. The lowest BCUT2D eigenvalue weighted by Crippen LogP contribution is -2.32. The van der Waals surface area contributed by atoms with Gasteiger partial charge in [-0.05, 0) is 44.0 Å². The molecule has 1 aliphatic heterocycles. The van der Waals surface area contributed by atoms with E-state index >= 15 is 0 Å². The highest BCUT2D eigenvalue weighted by atomic mass is 35.5. The SMILES string of the molecule is Cc1ccc(N2C(=O)C(Cl)=C(Nc3ccccc3C)C2=O)c(C)c1. The lowest BCUT2D eigenvalue weighted by atomic mass is 10.1. The minimum atomic E-state index is -0.510.